The number of carbonyl (C=O) groups excluding carboxylic acids is 1. The standard InChI is InChI=1S/C12H9ClFN3O/c1-2-6-17-10(11(15)16-12(17)18)7-4-3-5-8(13)9(7)14/h1,3-5,10H,6H2,(H2,15,16,18). The molecule has 0 saturated carbocycles. The molecule has 1 heterocycles. The van der Waals surface area contributed by atoms with E-state index >= 15 is 0 Å². The van der Waals surface area contributed by atoms with Crippen molar-refractivity contribution in [1.29, 1.82) is 0 Å². The Balaban J connectivity index is 2.48. The van der Waals surface area contributed by atoms with Crippen molar-refractivity contribution >= 4 is 23.5 Å². The van der Waals surface area contributed by atoms with E-state index < -0.39 is 17.9 Å². The fourth-order valence-electron chi connectivity index (χ4n) is 1.82. The van der Waals surface area contributed by atoms with Crippen LogP contribution in [0.15, 0.2) is 23.2 Å². The molecule has 0 aromatic heterocycles. The Morgan fingerprint density at radius 2 is 2.33 bits per heavy atom. The van der Waals surface area contributed by atoms with Crippen molar-refractivity contribution in [3.63, 3.8) is 0 Å². The molecule has 2 rings (SSSR count). The Hall–Kier alpha value is -2.06. The van der Waals surface area contributed by atoms with E-state index in [1.807, 2.05) is 0 Å². The summed E-state index contributed by atoms with van der Waals surface area (Å²) in [4.78, 5) is 16.4. The lowest BCUT2D eigenvalue weighted by Gasteiger charge is -2.22. The number of nitrogens with zero attached hydrogens (tertiary/aromatic N) is 2. The van der Waals surface area contributed by atoms with Gasteiger partial charge in [-0.3, -0.25) is 4.90 Å². The third-order valence-electron chi connectivity index (χ3n) is 2.60. The molecule has 0 spiro atoms. The van der Waals surface area contributed by atoms with Gasteiger partial charge in [-0.25, -0.2) is 9.18 Å². The lowest BCUT2D eigenvalue weighted by Crippen LogP contribution is -2.34. The number of benzene rings is 1. The van der Waals surface area contributed by atoms with Gasteiger partial charge in [-0.05, 0) is 6.07 Å². The zero-order chi connectivity index (χ0) is 13.3. The van der Waals surface area contributed by atoms with E-state index in [2.05, 4.69) is 10.9 Å². The summed E-state index contributed by atoms with van der Waals surface area (Å²) in [7, 11) is 0. The van der Waals surface area contributed by atoms with Crippen LogP contribution in [0.2, 0.25) is 5.02 Å². The topological polar surface area (TPSA) is 58.7 Å². The number of aliphatic imine (C=N–C) groups is 1. The molecule has 0 saturated heterocycles. The number of hydrogen-bond acceptors (Lipinski definition) is 2. The zero-order valence-electron chi connectivity index (χ0n) is 9.23. The molecule has 1 atom stereocenters. The smallest absolute Gasteiger partial charge is 0.346 e. The highest BCUT2D eigenvalue weighted by Crippen LogP contribution is 2.30. The van der Waals surface area contributed by atoms with Crippen LogP contribution in [0.3, 0.4) is 0 Å². The third kappa shape index (κ3) is 1.91. The van der Waals surface area contributed by atoms with Gasteiger partial charge < -0.3 is 5.73 Å². The van der Waals surface area contributed by atoms with Crippen LogP contribution in [0.1, 0.15) is 11.6 Å². The maximum absolute atomic E-state index is 13.9. The molecule has 1 aliphatic rings. The second-order valence-electron chi connectivity index (χ2n) is 3.70. The minimum Gasteiger partial charge on any atom is -0.385 e. The highest BCUT2D eigenvalue weighted by molar-refractivity contribution is 6.30. The van der Waals surface area contributed by atoms with Gasteiger partial charge >= 0.3 is 6.03 Å². The first-order valence-electron chi connectivity index (χ1n) is 5.08. The number of amides is 2. The van der Waals surface area contributed by atoms with Crippen LogP contribution in [-0.4, -0.2) is 23.3 Å². The van der Waals surface area contributed by atoms with Crippen LogP contribution < -0.4 is 5.73 Å². The number of amidine groups is 1. The minimum atomic E-state index is -0.799. The second-order valence-corrected chi connectivity index (χ2v) is 4.10. The van der Waals surface area contributed by atoms with Crippen LogP contribution in [-0.2, 0) is 0 Å². The number of terminal acetylenes is 1. The Morgan fingerprint density at radius 3 is 3.00 bits per heavy atom. The first-order valence-corrected chi connectivity index (χ1v) is 5.46. The fourth-order valence-corrected chi connectivity index (χ4v) is 2.00. The highest BCUT2D eigenvalue weighted by Gasteiger charge is 2.35. The SMILES string of the molecule is C#CCN1C(=O)N=C(N)C1c1cccc(Cl)c1F. The van der Waals surface area contributed by atoms with Crippen molar-refractivity contribution in [3.05, 3.63) is 34.6 Å². The van der Waals surface area contributed by atoms with Crippen molar-refractivity contribution in [1.82, 2.24) is 4.90 Å². The fraction of sp³-hybridized carbons (Fsp3) is 0.167. The number of carbonyl (C=O) groups is 1. The number of nitrogens with two attached hydrogens (primary N) is 1. The molecule has 2 N–H and O–H groups in total. The van der Waals surface area contributed by atoms with Gasteiger partial charge in [-0.2, -0.15) is 4.99 Å². The van der Waals surface area contributed by atoms with Gasteiger partial charge in [0.1, 0.15) is 17.7 Å². The summed E-state index contributed by atoms with van der Waals surface area (Å²) in [5, 5.41) is -0.0414. The van der Waals surface area contributed by atoms with Crippen LogP contribution in [0, 0.1) is 18.2 Å². The summed E-state index contributed by atoms with van der Waals surface area (Å²) in [6, 6.07) is 3.11. The molecule has 18 heavy (non-hydrogen) atoms. The molecule has 2 amide bonds. The molecule has 6 heteroatoms. The number of hydrogen-bond donors (Lipinski definition) is 1. The van der Waals surface area contributed by atoms with Gasteiger partial charge in [0.25, 0.3) is 0 Å². The second kappa shape index (κ2) is 4.67. The average Bonchev–Trinajstić information content (AvgIpc) is 2.59. The first-order chi connectivity index (χ1) is 8.56. The summed E-state index contributed by atoms with van der Waals surface area (Å²) in [5.41, 5.74) is 5.84. The first kappa shape index (κ1) is 12.4. The lowest BCUT2D eigenvalue weighted by molar-refractivity contribution is 0.213. The lowest BCUT2D eigenvalue weighted by atomic mass is 10.0. The molecule has 1 aromatic rings. The number of rotatable bonds is 2. The predicted molar refractivity (Wildman–Crippen MR) is 66.7 cm³/mol. The Kier molecular flexibility index (Phi) is 3.21. The Labute approximate surface area is 108 Å². The molecule has 1 aliphatic heterocycles. The van der Waals surface area contributed by atoms with Crippen molar-refractivity contribution in [2.75, 3.05) is 6.54 Å². The van der Waals surface area contributed by atoms with Crippen LogP contribution in [0.25, 0.3) is 0 Å². The van der Waals surface area contributed by atoms with E-state index in [-0.39, 0.29) is 23.0 Å². The van der Waals surface area contributed by atoms with Crippen LogP contribution in [0.4, 0.5) is 9.18 Å². The Bertz CT molecular complexity index is 579. The molecule has 0 radical (unpaired) electrons. The third-order valence-corrected chi connectivity index (χ3v) is 2.89. The van der Waals surface area contributed by atoms with Crippen molar-refractivity contribution in [3.8, 4) is 12.3 Å². The van der Waals surface area contributed by atoms with Gasteiger partial charge in [-0.1, -0.05) is 29.7 Å². The van der Waals surface area contributed by atoms with E-state index in [0.717, 1.165) is 0 Å². The zero-order valence-corrected chi connectivity index (χ0v) is 9.99. The highest BCUT2D eigenvalue weighted by atomic mass is 35.5. The maximum Gasteiger partial charge on any atom is 0.346 e. The van der Waals surface area contributed by atoms with Crippen molar-refractivity contribution in [2.45, 2.75) is 6.04 Å². The summed E-state index contributed by atoms with van der Waals surface area (Å²) in [5.74, 6) is 1.70. The molecule has 4 nitrogen and oxygen atoms in total. The Morgan fingerprint density at radius 1 is 1.61 bits per heavy atom. The van der Waals surface area contributed by atoms with E-state index in [1.165, 1.54) is 17.0 Å². The van der Waals surface area contributed by atoms with Gasteiger partial charge in [0, 0.05) is 5.56 Å². The van der Waals surface area contributed by atoms with E-state index in [9.17, 15) is 9.18 Å². The quantitative estimate of drug-likeness (QED) is 0.831. The molecular formula is C12H9ClFN3O. The average molecular weight is 266 g/mol. The molecule has 0 aliphatic carbocycles. The summed E-state index contributed by atoms with van der Waals surface area (Å²) >= 11 is 5.70. The minimum absolute atomic E-state index is 0.000344. The van der Waals surface area contributed by atoms with Gasteiger partial charge in [0.2, 0.25) is 0 Å². The summed E-state index contributed by atoms with van der Waals surface area (Å²) in [6.45, 7) is -0.000344. The molecule has 1 unspecified atom stereocenters. The predicted octanol–water partition coefficient (Wildman–Crippen LogP) is 1.95. The van der Waals surface area contributed by atoms with Gasteiger partial charge in [0.05, 0.1) is 11.6 Å². The normalized spacial score (nSPS) is 18.7. The molecule has 0 fully saturated rings. The van der Waals surface area contributed by atoms with Crippen molar-refractivity contribution < 1.29 is 9.18 Å². The summed E-state index contributed by atoms with van der Waals surface area (Å²) in [6.07, 6.45) is 5.17. The van der Waals surface area contributed by atoms with Crippen LogP contribution >= 0.6 is 11.6 Å². The molecular weight excluding hydrogens is 257 g/mol. The van der Waals surface area contributed by atoms with Crippen molar-refractivity contribution in [2.24, 2.45) is 10.7 Å². The van der Waals surface area contributed by atoms with Gasteiger partial charge in [-0.15, -0.1) is 6.42 Å². The monoisotopic (exact) mass is 265 g/mol. The largest absolute Gasteiger partial charge is 0.385 e. The van der Waals surface area contributed by atoms with E-state index in [1.54, 1.807) is 6.07 Å². The molecule has 0 bridgehead atoms. The van der Waals surface area contributed by atoms with E-state index in [0.29, 0.717) is 0 Å². The number of urea groups is 1. The molecule has 1 aromatic carbocycles. The maximum atomic E-state index is 13.9. The van der Waals surface area contributed by atoms with Crippen LogP contribution in [0.5, 0.6) is 0 Å². The van der Waals surface area contributed by atoms with Gasteiger partial charge in [0.15, 0.2) is 0 Å². The molecule has 92 valence electrons. The summed E-state index contributed by atoms with van der Waals surface area (Å²) < 4.78 is 13.9. The van der Waals surface area contributed by atoms with E-state index in [4.69, 9.17) is 23.8 Å². The number of halogens is 2.